The van der Waals surface area contributed by atoms with Crippen molar-refractivity contribution >= 4 is 11.7 Å². The van der Waals surface area contributed by atoms with Crippen LogP contribution in [0.5, 0.6) is 0 Å². The minimum Gasteiger partial charge on any atom is -0.480 e. The molecule has 5 heteroatoms. The number of rotatable bonds is 6. The fraction of sp³-hybridized carbons (Fsp3) is 0.562. The molecule has 4 nitrogen and oxygen atoms in total. The number of aliphatic carboxylic acids is 1. The number of carbonyl (C=O) groups is 1. The number of nitrogens with zero attached hydrogens (tertiary/aromatic N) is 1. The zero-order valence-electron chi connectivity index (χ0n) is 12.4. The minimum atomic E-state index is -0.892. The highest BCUT2D eigenvalue weighted by molar-refractivity contribution is 5.69. The predicted octanol–water partition coefficient (Wildman–Crippen LogP) is 2.77. The standard InChI is InChI=1S/C16H23FN2O2/c1-19(13-5-3-2-4-6-13)15-9-12(7-8-14(15)17)10-18-11-16(20)21/h7-9,13,18H,2-6,10-11H2,1H3,(H,20,21). The molecule has 2 rings (SSSR count). The third kappa shape index (κ3) is 4.43. The molecule has 0 heterocycles. The number of anilines is 1. The highest BCUT2D eigenvalue weighted by atomic mass is 19.1. The molecule has 0 amide bonds. The lowest BCUT2D eigenvalue weighted by molar-refractivity contribution is -0.135. The summed E-state index contributed by atoms with van der Waals surface area (Å²) in [6.07, 6.45) is 5.90. The van der Waals surface area contributed by atoms with Gasteiger partial charge in [0.15, 0.2) is 0 Å². The largest absolute Gasteiger partial charge is 0.480 e. The van der Waals surface area contributed by atoms with Crippen molar-refractivity contribution in [1.82, 2.24) is 5.32 Å². The third-order valence-electron chi connectivity index (χ3n) is 4.12. The Balaban J connectivity index is 2.05. The first-order chi connectivity index (χ1) is 10.1. The van der Waals surface area contributed by atoms with Crippen molar-refractivity contribution in [3.8, 4) is 0 Å². The van der Waals surface area contributed by atoms with E-state index in [4.69, 9.17) is 5.11 Å². The summed E-state index contributed by atoms with van der Waals surface area (Å²) < 4.78 is 14.1. The van der Waals surface area contributed by atoms with Crippen LogP contribution in [-0.4, -0.2) is 30.7 Å². The smallest absolute Gasteiger partial charge is 0.317 e. The second kappa shape index (κ2) is 7.41. The molecule has 1 fully saturated rings. The molecule has 1 aliphatic carbocycles. The van der Waals surface area contributed by atoms with Crippen LogP contribution in [0, 0.1) is 5.82 Å². The molecule has 1 aliphatic rings. The highest BCUT2D eigenvalue weighted by Gasteiger charge is 2.20. The van der Waals surface area contributed by atoms with E-state index < -0.39 is 5.97 Å². The van der Waals surface area contributed by atoms with Crippen molar-refractivity contribution in [2.24, 2.45) is 0 Å². The Hall–Kier alpha value is -1.62. The van der Waals surface area contributed by atoms with Crippen LogP contribution in [0.3, 0.4) is 0 Å². The third-order valence-corrected chi connectivity index (χ3v) is 4.12. The number of nitrogens with one attached hydrogen (secondary N) is 1. The molecule has 0 bridgehead atoms. The monoisotopic (exact) mass is 294 g/mol. The molecule has 1 saturated carbocycles. The van der Waals surface area contributed by atoms with Crippen LogP contribution in [-0.2, 0) is 11.3 Å². The minimum absolute atomic E-state index is 0.0921. The van der Waals surface area contributed by atoms with Crippen LogP contribution in [0.4, 0.5) is 10.1 Å². The maximum Gasteiger partial charge on any atom is 0.317 e. The molecule has 2 N–H and O–H groups in total. The first-order valence-electron chi connectivity index (χ1n) is 7.51. The lowest BCUT2D eigenvalue weighted by atomic mass is 9.94. The fourth-order valence-electron chi connectivity index (χ4n) is 2.92. The molecule has 0 aliphatic heterocycles. The van der Waals surface area contributed by atoms with E-state index in [-0.39, 0.29) is 12.4 Å². The zero-order chi connectivity index (χ0) is 15.2. The van der Waals surface area contributed by atoms with Gasteiger partial charge in [0, 0.05) is 19.6 Å². The Labute approximate surface area is 125 Å². The Morgan fingerprint density at radius 1 is 1.38 bits per heavy atom. The molecule has 0 aromatic heterocycles. The van der Waals surface area contributed by atoms with Gasteiger partial charge in [0.1, 0.15) is 5.82 Å². The van der Waals surface area contributed by atoms with Crippen molar-refractivity contribution in [2.75, 3.05) is 18.5 Å². The Morgan fingerprint density at radius 3 is 2.76 bits per heavy atom. The van der Waals surface area contributed by atoms with Gasteiger partial charge < -0.3 is 15.3 Å². The summed E-state index contributed by atoms with van der Waals surface area (Å²) in [5.74, 6) is -1.11. The summed E-state index contributed by atoms with van der Waals surface area (Å²) in [4.78, 5) is 12.5. The maximum absolute atomic E-state index is 14.1. The van der Waals surface area contributed by atoms with Crippen LogP contribution in [0.2, 0.25) is 0 Å². The lowest BCUT2D eigenvalue weighted by Gasteiger charge is -2.33. The van der Waals surface area contributed by atoms with E-state index in [0.29, 0.717) is 18.3 Å². The van der Waals surface area contributed by atoms with E-state index >= 15 is 0 Å². The summed E-state index contributed by atoms with van der Waals surface area (Å²) in [5.41, 5.74) is 1.51. The van der Waals surface area contributed by atoms with Gasteiger partial charge in [-0.3, -0.25) is 4.79 Å². The topological polar surface area (TPSA) is 52.6 Å². The molecule has 0 atom stereocenters. The Bertz CT molecular complexity index is 487. The van der Waals surface area contributed by atoms with Crippen LogP contribution in [0.25, 0.3) is 0 Å². The van der Waals surface area contributed by atoms with E-state index in [1.165, 1.54) is 25.3 Å². The second-order valence-electron chi connectivity index (χ2n) is 5.69. The van der Waals surface area contributed by atoms with Crippen molar-refractivity contribution in [1.29, 1.82) is 0 Å². The van der Waals surface area contributed by atoms with Crippen molar-refractivity contribution in [3.63, 3.8) is 0 Å². The number of hydrogen-bond acceptors (Lipinski definition) is 3. The van der Waals surface area contributed by atoms with Crippen LogP contribution in [0.15, 0.2) is 18.2 Å². The molecule has 0 saturated heterocycles. The number of halogens is 1. The molecule has 116 valence electrons. The highest BCUT2D eigenvalue weighted by Crippen LogP contribution is 2.28. The number of hydrogen-bond donors (Lipinski definition) is 2. The molecule has 21 heavy (non-hydrogen) atoms. The van der Waals surface area contributed by atoms with Gasteiger partial charge in [-0.05, 0) is 30.5 Å². The number of carboxylic acid groups (broad SMARTS) is 1. The van der Waals surface area contributed by atoms with Crippen molar-refractivity contribution < 1.29 is 14.3 Å². The van der Waals surface area contributed by atoms with Crippen LogP contribution < -0.4 is 10.2 Å². The molecule has 0 radical (unpaired) electrons. The first-order valence-corrected chi connectivity index (χ1v) is 7.51. The second-order valence-corrected chi connectivity index (χ2v) is 5.69. The van der Waals surface area contributed by atoms with Gasteiger partial charge in [-0.25, -0.2) is 4.39 Å². The van der Waals surface area contributed by atoms with Gasteiger partial charge in [0.25, 0.3) is 0 Å². The van der Waals surface area contributed by atoms with Gasteiger partial charge in [0.2, 0.25) is 0 Å². The van der Waals surface area contributed by atoms with E-state index in [2.05, 4.69) is 5.32 Å². The number of carboxylic acids is 1. The Kier molecular flexibility index (Phi) is 5.56. The SMILES string of the molecule is CN(c1cc(CNCC(=O)O)ccc1F)C1CCCCC1. The molecule has 1 aromatic rings. The van der Waals surface area contributed by atoms with Crippen LogP contribution >= 0.6 is 0 Å². The number of benzene rings is 1. The van der Waals surface area contributed by atoms with Gasteiger partial charge >= 0.3 is 5.97 Å². The van der Waals surface area contributed by atoms with Crippen LogP contribution in [0.1, 0.15) is 37.7 Å². The summed E-state index contributed by atoms with van der Waals surface area (Å²) in [6.45, 7) is 0.337. The van der Waals surface area contributed by atoms with Gasteiger partial charge in [-0.1, -0.05) is 25.3 Å². The van der Waals surface area contributed by atoms with Crippen molar-refractivity contribution in [2.45, 2.75) is 44.7 Å². The van der Waals surface area contributed by atoms with E-state index in [9.17, 15) is 9.18 Å². The molecule has 0 spiro atoms. The van der Waals surface area contributed by atoms with E-state index in [1.54, 1.807) is 6.07 Å². The van der Waals surface area contributed by atoms with Gasteiger partial charge in [0.05, 0.1) is 12.2 Å². The summed E-state index contributed by atoms with van der Waals surface area (Å²) >= 11 is 0. The molecule has 0 unspecified atom stereocenters. The van der Waals surface area contributed by atoms with Gasteiger partial charge in [-0.2, -0.15) is 0 Å². The Morgan fingerprint density at radius 2 is 2.10 bits per heavy atom. The predicted molar refractivity (Wildman–Crippen MR) is 81.0 cm³/mol. The van der Waals surface area contributed by atoms with Crippen molar-refractivity contribution in [3.05, 3.63) is 29.6 Å². The average Bonchev–Trinajstić information content (AvgIpc) is 2.49. The molecular weight excluding hydrogens is 271 g/mol. The summed E-state index contributed by atoms with van der Waals surface area (Å²) in [5, 5.41) is 11.4. The van der Waals surface area contributed by atoms with E-state index in [1.807, 2.05) is 18.0 Å². The summed E-state index contributed by atoms with van der Waals surface area (Å²) in [7, 11) is 1.95. The average molecular weight is 294 g/mol. The normalized spacial score (nSPS) is 15.9. The lowest BCUT2D eigenvalue weighted by Crippen LogP contribution is -2.34. The van der Waals surface area contributed by atoms with E-state index in [0.717, 1.165) is 18.4 Å². The first kappa shape index (κ1) is 15.8. The fourth-order valence-corrected chi connectivity index (χ4v) is 2.92. The molecular formula is C16H23FN2O2. The maximum atomic E-state index is 14.1. The summed E-state index contributed by atoms with van der Waals surface area (Å²) in [6, 6.07) is 5.38. The zero-order valence-corrected chi connectivity index (χ0v) is 12.4. The van der Waals surface area contributed by atoms with Gasteiger partial charge in [-0.15, -0.1) is 0 Å². The molecule has 1 aromatic carbocycles. The quantitative estimate of drug-likeness (QED) is 0.847.